The van der Waals surface area contributed by atoms with Crippen molar-refractivity contribution in [3.63, 3.8) is 0 Å². The average Bonchev–Trinajstić information content (AvgIpc) is 3.63. The summed E-state index contributed by atoms with van der Waals surface area (Å²) in [4.78, 5) is 31.9. The predicted molar refractivity (Wildman–Crippen MR) is 149 cm³/mol. The van der Waals surface area contributed by atoms with E-state index in [1.807, 2.05) is 43.3 Å². The fourth-order valence-electron chi connectivity index (χ4n) is 5.46. The van der Waals surface area contributed by atoms with E-state index in [9.17, 15) is 9.59 Å². The molecule has 40 heavy (non-hydrogen) atoms. The minimum atomic E-state index is -0.960. The molecule has 2 amide bonds. The number of hydrogen-bond donors (Lipinski definition) is 1. The van der Waals surface area contributed by atoms with E-state index >= 15 is 0 Å². The molecule has 1 aliphatic heterocycles. The van der Waals surface area contributed by atoms with Gasteiger partial charge in [-0.1, -0.05) is 31.4 Å². The van der Waals surface area contributed by atoms with Gasteiger partial charge in [0.25, 0.3) is 11.8 Å². The number of aryl methyl sites for hydroxylation is 1. The molecule has 1 N–H and O–H groups in total. The summed E-state index contributed by atoms with van der Waals surface area (Å²) in [5.41, 5.74) is 0.855. The lowest BCUT2D eigenvalue weighted by Crippen LogP contribution is -2.46. The number of nitrogens with one attached hydrogen (secondary N) is 1. The maximum atomic E-state index is 14.1. The SMILES string of the molecule is COc1ccc(CN(C(=O)c2ccc(CN3CCOCC3)o2)[C@@H](C(=O)NC2CCCCC2)c2ccc(C)o2)cc1. The van der Waals surface area contributed by atoms with Gasteiger partial charge in [0.1, 0.15) is 23.0 Å². The van der Waals surface area contributed by atoms with Crippen LogP contribution in [-0.2, 0) is 22.6 Å². The standard InChI is InChI=1S/C31H39N3O6/c1-22-8-14-27(39-22)29(30(35)32-24-6-4-3-5-7-24)34(20-23-9-11-25(37-2)12-10-23)31(36)28-15-13-26(40-28)21-33-16-18-38-19-17-33/h8-15,24,29H,3-7,16-21H2,1-2H3,(H,32,35)/t29-/m1/s1. The van der Waals surface area contributed by atoms with Crippen LogP contribution in [-0.4, -0.2) is 61.1 Å². The van der Waals surface area contributed by atoms with Gasteiger partial charge < -0.3 is 28.5 Å². The summed E-state index contributed by atoms with van der Waals surface area (Å²) in [6.07, 6.45) is 5.22. The van der Waals surface area contributed by atoms with Crippen molar-refractivity contribution in [3.8, 4) is 5.75 Å². The first-order valence-corrected chi connectivity index (χ1v) is 14.2. The van der Waals surface area contributed by atoms with E-state index in [2.05, 4.69) is 10.2 Å². The van der Waals surface area contributed by atoms with Crippen LogP contribution in [0.3, 0.4) is 0 Å². The molecule has 9 heteroatoms. The summed E-state index contributed by atoms with van der Waals surface area (Å²) in [6.45, 7) is 5.61. The van der Waals surface area contributed by atoms with Gasteiger partial charge in [-0.3, -0.25) is 14.5 Å². The third-order valence-corrected chi connectivity index (χ3v) is 7.67. The van der Waals surface area contributed by atoms with Crippen LogP contribution >= 0.6 is 0 Å². The van der Waals surface area contributed by atoms with Crippen molar-refractivity contribution in [3.05, 3.63) is 77.1 Å². The zero-order chi connectivity index (χ0) is 27.9. The minimum Gasteiger partial charge on any atom is -0.497 e. The van der Waals surface area contributed by atoms with Crippen molar-refractivity contribution in [1.82, 2.24) is 15.1 Å². The van der Waals surface area contributed by atoms with Crippen molar-refractivity contribution in [1.29, 1.82) is 0 Å². The molecule has 2 fully saturated rings. The van der Waals surface area contributed by atoms with Crippen molar-refractivity contribution in [2.45, 2.75) is 64.2 Å². The molecule has 1 aliphatic carbocycles. The number of methoxy groups -OCH3 is 1. The third kappa shape index (κ3) is 6.95. The molecule has 214 valence electrons. The van der Waals surface area contributed by atoms with Crippen molar-refractivity contribution < 1.29 is 27.9 Å². The van der Waals surface area contributed by atoms with E-state index in [0.29, 0.717) is 42.8 Å². The average molecular weight is 550 g/mol. The molecular weight excluding hydrogens is 510 g/mol. The smallest absolute Gasteiger partial charge is 0.290 e. The largest absolute Gasteiger partial charge is 0.497 e. The quantitative estimate of drug-likeness (QED) is 0.386. The molecule has 0 spiro atoms. The number of hydrogen-bond acceptors (Lipinski definition) is 7. The van der Waals surface area contributed by atoms with Crippen LogP contribution in [0.4, 0.5) is 0 Å². The third-order valence-electron chi connectivity index (χ3n) is 7.67. The van der Waals surface area contributed by atoms with Gasteiger partial charge in [-0.15, -0.1) is 0 Å². The number of nitrogens with zero attached hydrogens (tertiary/aromatic N) is 2. The number of rotatable bonds is 10. The molecule has 9 nitrogen and oxygen atoms in total. The van der Waals surface area contributed by atoms with E-state index in [1.54, 1.807) is 24.1 Å². The van der Waals surface area contributed by atoms with Crippen LogP contribution in [0.1, 0.15) is 71.5 Å². The van der Waals surface area contributed by atoms with Gasteiger partial charge in [-0.05, 0) is 61.7 Å². The number of carbonyl (C=O) groups is 2. The highest BCUT2D eigenvalue weighted by molar-refractivity contribution is 5.96. The molecule has 3 heterocycles. The molecule has 2 aromatic heterocycles. The zero-order valence-electron chi connectivity index (χ0n) is 23.4. The predicted octanol–water partition coefficient (Wildman–Crippen LogP) is 4.85. The highest BCUT2D eigenvalue weighted by Gasteiger charge is 2.37. The lowest BCUT2D eigenvalue weighted by molar-refractivity contribution is -0.127. The summed E-state index contributed by atoms with van der Waals surface area (Å²) in [6, 6.07) is 13.7. The summed E-state index contributed by atoms with van der Waals surface area (Å²) < 4.78 is 22.8. The van der Waals surface area contributed by atoms with Crippen LogP contribution in [0.5, 0.6) is 5.75 Å². The summed E-state index contributed by atoms with van der Waals surface area (Å²) in [5.74, 6) is 2.09. The van der Waals surface area contributed by atoms with E-state index < -0.39 is 6.04 Å². The molecular formula is C31H39N3O6. The Morgan fingerprint density at radius 2 is 1.75 bits per heavy atom. The Balaban J connectivity index is 1.45. The Labute approximate surface area is 235 Å². The topological polar surface area (TPSA) is 97.4 Å². The van der Waals surface area contributed by atoms with Gasteiger partial charge in [-0.25, -0.2) is 0 Å². The maximum Gasteiger partial charge on any atom is 0.290 e. The van der Waals surface area contributed by atoms with E-state index in [-0.39, 0.29) is 30.2 Å². The van der Waals surface area contributed by atoms with Gasteiger partial charge in [0.05, 0.1) is 26.9 Å². The molecule has 0 radical (unpaired) electrons. The number of morpholine rings is 1. The van der Waals surface area contributed by atoms with Crippen LogP contribution in [0.15, 0.2) is 57.4 Å². The van der Waals surface area contributed by atoms with E-state index in [4.69, 9.17) is 18.3 Å². The van der Waals surface area contributed by atoms with Crippen LogP contribution in [0.25, 0.3) is 0 Å². The molecule has 1 aromatic carbocycles. The molecule has 2 aliphatic rings. The second-order valence-electron chi connectivity index (χ2n) is 10.6. The highest BCUT2D eigenvalue weighted by Crippen LogP contribution is 2.29. The molecule has 5 rings (SSSR count). The number of amides is 2. The molecule has 1 atom stereocenters. The second-order valence-corrected chi connectivity index (χ2v) is 10.6. The fraction of sp³-hybridized carbons (Fsp3) is 0.484. The Kier molecular flexibility index (Phi) is 9.23. The van der Waals surface area contributed by atoms with Gasteiger partial charge in [0.2, 0.25) is 0 Å². The molecule has 0 bridgehead atoms. The molecule has 1 saturated heterocycles. The van der Waals surface area contributed by atoms with Crippen LogP contribution in [0.2, 0.25) is 0 Å². The first kappa shape index (κ1) is 28.0. The molecule has 1 saturated carbocycles. The van der Waals surface area contributed by atoms with Gasteiger partial charge in [0, 0.05) is 25.7 Å². The van der Waals surface area contributed by atoms with Crippen LogP contribution in [0, 0.1) is 6.92 Å². The lowest BCUT2D eigenvalue weighted by atomic mass is 9.95. The summed E-state index contributed by atoms with van der Waals surface area (Å²) in [5, 5.41) is 3.21. The minimum absolute atomic E-state index is 0.0847. The number of furan rings is 2. The summed E-state index contributed by atoms with van der Waals surface area (Å²) in [7, 11) is 1.61. The molecule has 3 aromatic rings. The second kappa shape index (κ2) is 13.2. The first-order chi connectivity index (χ1) is 19.5. The molecule has 0 unspecified atom stereocenters. The first-order valence-electron chi connectivity index (χ1n) is 14.2. The zero-order valence-corrected chi connectivity index (χ0v) is 23.4. The number of ether oxygens (including phenoxy) is 2. The van der Waals surface area contributed by atoms with Gasteiger partial charge >= 0.3 is 0 Å². The Morgan fingerprint density at radius 3 is 2.42 bits per heavy atom. The van der Waals surface area contributed by atoms with Crippen molar-refractivity contribution in [2.75, 3.05) is 33.4 Å². The normalized spacial score (nSPS) is 17.4. The lowest BCUT2D eigenvalue weighted by Gasteiger charge is -2.31. The van der Waals surface area contributed by atoms with E-state index in [1.165, 1.54) is 6.42 Å². The van der Waals surface area contributed by atoms with Crippen molar-refractivity contribution >= 4 is 11.8 Å². The fourth-order valence-corrected chi connectivity index (χ4v) is 5.46. The monoisotopic (exact) mass is 549 g/mol. The highest BCUT2D eigenvalue weighted by atomic mass is 16.5. The van der Waals surface area contributed by atoms with Crippen molar-refractivity contribution in [2.24, 2.45) is 0 Å². The Bertz CT molecular complexity index is 1250. The number of benzene rings is 1. The number of carbonyl (C=O) groups excluding carboxylic acids is 2. The summed E-state index contributed by atoms with van der Waals surface area (Å²) >= 11 is 0. The van der Waals surface area contributed by atoms with E-state index in [0.717, 1.165) is 44.3 Å². The Hall–Kier alpha value is -3.56. The van der Waals surface area contributed by atoms with Crippen LogP contribution < -0.4 is 10.1 Å². The Morgan fingerprint density at radius 1 is 1.00 bits per heavy atom. The van der Waals surface area contributed by atoms with Gasteiger partial charge in [-0.2, -0.15) is 0 Å². The maximum absolute atomic E-state index is 14.1. The van der Waals surface area contributed by atoms with Gasteiger partial charge in [0.15, 0.2) is 11.8 Å².